The van der Waals surface area contributed by atoms with E-state index < -0.39 is 17.5 Å². The number of carbonyl (C=O) groups is 2. The predicted octanol–water partition coefficient (Wildman–Crippen LogP) is 2.34. The molecule has 0 saturated carbocycles. The molecule has 3 rings (SSSR count). The van der Waals surface area contributed by atoms with Gasteiger partial charge in [0.1, 0.15) is 11.3 Å². The molecule has 0 saturated heterocycles. The van der Waals surface area contributed by atoms with Crippen LogP contribution in [0.2, 0.25) is 0 Å². The van der Waals surface area contributed by atoms with E-state index in [0.29, 0.717) is 17.9 Å². The lowest BCUT2D eigenvalue weighted by Crippen LogP contribution is -2.29. The number of hydrogen-bond acceptors (Lipinski definition) is 6. The van der Waals surface area contributed by atoms with Crippen molar-refractivity contribution in [3.05, 3.63) is 76.1 Å². The van der Waals surface area contributed by atoms with Crippen molar-refractivity contribution in [2.24, 2.45) is 0 Å². The predicted molar refractivity (Wildman–Crippen MR) is 102 cm³/mol. The minimum atomic E-state index is -0.680. The van der Waals surface area contributed by atoms with Crippen molar-refractivity contribution in [1.82, 2.24) is 5.32 Å². The van der Waals surface area contributed by atoms with Gasteiger partial charge in [-0.3, -0.25) is 4.79 Å². The highest BCUT2D eigenvalue weighted by molar-refractivity contribution is 5.81. The van der Waals surface area contributed by atoms with Crippen LogP contribution in [0.4, 0.5) is 0 Å². The molecule has 0 aliphatic carbocycles. The van der Waals surface area contributed by atoms with Crippen LogP contribution in [0.3, 0.4) is 0 Å². The maximum atomic E-state index is 11.8. The average molecular weight is 381 g/mol. The highest BCUT2D eigenvalue weighted by Gasteiger charge is 2.09. The van der Waals surface area contributed by atoms with Crippen molar-refractivity contribution < 1.29 is 23.5 Å². The lowest BCUT2D eigenvalue weighted by molar-refractivity contribution is -0.150. The number of benzene rings is 2. The maximum absolute atomic E-state index is 11.8. The van der Waals surface area contributed by atoms with Gasteiger partial charge in [-0.2, -0.15) is 0 Å². The minimum Gasteiger partial charge on any atom is -0.482 e. The van der Waals surface area contributed by atoms with Crippen molar-refractivity contribution in [2.45, 2.75) is 13.5 Å². The van der Waals surface area contributed by atoms with Crippen LogP contribution in [0.1, 0.15) is 11.1 Å². The lowest BCUT2D eigenvalue weighted by Gasteiger charge is -2.09. The van der Waals surface area contributed by atoms with Crippen LogP contribution in [0.5, 0.6) is 5.75 Å². The fourth-order valence-electron chi connectivity index (χ4n) is 2.51. The third kappa shape index (κ3) is 5.20. The van der Waals surface area contributed by atoms with Crippen molar-refractivity contribution in [3.63, 3.8) is 0 Å². The Labute approximate surface area is 160 Å². The Hall–Kier alpha value is -3.61. The summed E-state index contributed by atoms with van der Waals surface area (Å²) < 4.78 is 15.3. The molecule has 1 amide bonds. The molecule has 1 heterocycles. The van der Waals surface area contributed by atoms with Gasteiger partial charge in [0.05, 0.1) is 0 Å². The first-order valence-electron chi connectivity index (χ1n) is 8.65. The average Bonchev–Trinajstić information content (AvgIpc) is 2.69. The van der Waals surface area contributed by atoms with E-state index in [-0.39, 0.29) is 13.2 Å². The number of esters is 1. The van der Waals surface area contributed by atoms with E-state index in [9.17, 15) is 14.4 Å². The van der Waals surface area contributed by atoms with Crippen LogP contribution in [0.25, 0.3) is 11.0 Å². The van der Waals surface area contributed by atoms with Gasteiger partial charge in [0.2, 0.25) is 0 Å². The highest BCUT2D eigenvalue weighted by atomic mass is 16.6. The van der Waals surface area contributed by atoms with Gasteiger partial charge >= 0.3 is 11.6 Å². The number of fused-ring (bicyclic) bond motifs is 1. The quantitative estimate of drug-likeness (QED) is 0.499. The van der Waals surface area contributed by atoms with Gasteiger partial charge in [-0.05, 0) is 36.2 Å². The first kappa shape index (κ1) is 19.2. The fraction of sp³-hybridized carbons (Fsp3) is 0.190. The van der Waals surface area contributed by atoms with E-state index in [1.165, 1.54) is 12.1 Å². The summed E-state index contributed by atoms with van der Waals surface area (Å²) in [6, 6.07) is 15.5. The van der Waals surface area contributed by atoms with Gasteiger partial charge in [0, 0.05) is 24.1 Å². The first-order chi connectivity index (χ1) is 13.5. The van der Waals surface area contributed by atoms with E-state index in [4.69, 9.17) is 13.9 Å². The van der Waals surface area contributed by atoms with Crippen LogP contribution in [-0.4, -0.2) is 25.1 Å². The summed E-state index contributed by atoms with van der Waals surface area (Å²) >= 11 is 0. The number of carbonyl (C=O) groups excluding carboxylic acids is 2. The number of aryl methyl sites for hydroxylation is 1. The molecule has 7 nitrogen and oxygen atoms in total. The van der Waals surface area contributed by atoms with E-state index in [1.54, 1.807) is 18.2 Å². The molecule has 0 bridgehead atoms. The molecule has 7 heteroatoms. The van der Waals surface area contributed by atoms with Crippen molar-refractivity contribution in [2.75, 3.05) is 13.2 Å². The van der Waals surface area contributed by atoms with Gasteiger partial charge in [-0.25, -0.2) is 9.59 Å². The Bertz CT molecular complexity index is 1060. The Morgan fingerprint density at radius 2 is 1.82 bits per heavy atom. The molecule has 0 radical (unpaired) electrons. The number of ether oxygens (including phenoxy) is 2. The van der Waals surface area contributed by atoms with Gasteiger partial charge in [0.15, 0.2) is 13.2 Å². The Morgan fingerprint density at radius 1 is 1.04 bits per heavy atom. The monoisotopic (exact) mass is 381 g/mol. The Morgan fingerprint density at radius 3 is 2.64 bits per heavy atom. The second kappa shape index (κ2) is 8.85. The molecule has 3 aromatic rings. The normalized spacial score (nSPS) is 10.5. The molecule has 28 heavy (non-hydrogen) atoms. The van der Waals surface area contributed by atoms with Gasteiger partial charge in [-0.15, -0.1) is 0 Å². The molecular formula is C21H19NO6. The lowest BCUT2D eigenvalue weighted by atomic mass is 10.1. The van der Waals surface area contributed by atoms with Crippen molar-refractivity contribution in [1.29, 1.82) is 0 Å². The zero-order valence-electron chi connectivity index (χ0n) is 15.3. The third-order valence-corrected chi connectivity index (χ3v) is 4.05. The van der Waals surface area contributed by atoms with Crippen LogP contribution in [0, 0.1) is 6.92 Å². The molecular weight excluding hydrogens is 362 g/mol. The summed E-state index contributed by atoms with van der Waals surface area (Å²) in [5, 5.41) is 3.43. The van der Waals surface area contributed by atoms with Crippen molar-refractivity contribution >= 4 is 22.8 Å². The smallest absolute Gasteiger partial charge is 0.344 e. The van der Waals surface area contributed by atoms with Crippen LogP contribution >= 0.6 is 0 Å². The molecule has 0 unspecified atom stereocenters. The first-order valence-corrected chi connectivity index (χ1v) is 8.65. The van der Waals surface area contributed by atoms with E-state index >= 15 is 0 Å². The summed E-state index contributed by atoms with van der Waals surface area (Å²) in [5.41, 5.74) is 1.95. The number of nitrogens with one attached hydrogen (secondary N) is 1. The van der Waals surface area contributed by atoms with Crippen molar-refractivity contribution in [3.8, 4) is 5.75 Å². The second-order valence-corrected chi connectivity index (χ2v) is 6.11. The zero-order chi connectivity index (χ0) is 19.9. The summed E-state index contributed by atoms with van der Waals surface area (Å²) in [6.07, 6.45) is 0. The maximum Gasteiger partial charge on any atom is 0.344 e. The molecule has 0 spiro atoms. The fourth-order valence-corrected chi connectivity index (χ4v) is 2.51. The Kier molecular flexibility index (Phi) is 6.06. The Balaban J connectivity index is 1.43. The largest absolute Gasteiger partial charge is 0.482 e. The highest BCUT2D eigenvalue weighted by Crippen LogP contribution is 2.19. The molecule has 0 fully saturated rings. The molecule has 144 valence electrons. The molecule has 0 aliphatic heterocycles. The summed E-state index contributed by atoms with van der Waals surface area (Å²) in [6.45, 7) is 1.56. The summed E-state index contributed by atoms with van der Waals surface area (Å²) in [5.74, 6) is -0.729. The molecule has 0 atom stereocenters. The van der Waals surface area contributed by atoms with Crippen LogP contribution < -0.4 is 15.7 Å². The van der Waals surface area contributed by atoms with Gasteiger partial charge < -0.3 is 19.2 Å². The van der Waals surface area contributed by atoms with Gasteiger partial charge in [-0.1, -0.05) is 24.3 Å². The molecule has 2 aromatic carbocycles. The zero-order valence-corrected chi connectivity index (χ0v) is 15.3. The molecule has 0 aliphatic rings. The third-order valence-electron chi connectivity index (χ3n) is 4.05. The number of rotatable bonds is 7. The number of hydrogen-bond donors (Lipinski definition) is 1. The molecule has 1 aromatic heterocycles. The van der Waals surface area contributed by atoms with Crippen LogP contribution in [-0.2, 0) is 20.9 Å². The van der Waals surface area contributed by atoms with E-state index in [0.717, 1.165) is 16.5 Å². The number of amides is 1. The minimum absolute atomic E-state index is 0.350. The molecule has 1 N–H and O–H groups in total. The standard InChI is InChI=1S/C21H19NO6/c1-14-4-2-3-5-16(14)11-22-19(23)12-27-21(25)13-26-17-8-6-15-7-9-20(24)28-18(15)10-17/h2-10H,11-13H2,1H3,(H,22,23). The topological polar surface area (TPSA) is 94.8 Å². The summed E-state index contributed by atoms with van der Waals surface area (Å²) in [4.78, 5) is 34.8. The second-order valence-electron chi connectivity index (χ2n) is 6.11. The van der Waals surface area contributed by atoms with Crippen LogP contribution in [0.15, 0.2) is 63.8 Å². The van der Waals surface area contributed by atoms with E-state index in [1.807, 2.05) is 31.2 Å². The van der Waals surface area contributed by atoms with Gasteiger partial charge in [0.25, 0.3) is 5.91 Å². The summed E-state index contributed by atoms with van der Waals surface area (Å²) in [7, 11) is 0. The van der Waals surface area contributed by atoms with E-state index in [2.05, 4.69) is 5.32 Å². The SMILES string of the molecule is Cc1ccccc1CNC(=O)COC(=O)COc1ccc2ccc(=O)oc2c1.